The normalized spacial score (nSPS) is 10.7. The summed E-state index contributed by atoms with van der Waals surface area (Å²) < 4.78 is 1.94. The van der Waals surface area contributed by atoms with Gasteiger partial charge in [0.25, 0.3) is 0 Å². The fourth-order valence-electron chi connectivity index (χ4n) is 1.63. The van der Waals surface area contributed by atoms with Crippen molar-refractivity contribution in [3.05, 3.63) is 52.8 Å². The Balaban J connectivity index is 1.98. The Morgan fingerprint density at radius 1 is 1.24 bits per heavy atom. The highest BCUT2D eigenvalue weighted by Crippen LogP contribution is 2.10. The Bertz CT molecular complexity index is 462. The maximum absolute atomic E-state index is 5.85. The summed E-state index contributed by atoms with van der Waals surface area (Å²) in [4.78, 5) is 0. The summed E-state index contributed by atoms with van der Waals surface area (Å²) in [7, 11) is 0. The first-order chi connectivity index (χ1) is 8.28. The lowest BCUT2D eigenvalue weighted by Crippen LogP contribution is -2.11. The van der Waals surface area contributed by atoms with Gasteiger partial charge >= 0.3 is 0 Å². The molecule has 4 heteroatoms. The number of nitrogens with zero attached hydrogens (tertiary/aromatic N) is 2. The molecule has 3 nitrogen and oxygen atoms in total. The zero-order chi connectivity index (χ0) is 12.1. The number of hydrogen-bond acceptors (Lipinski definition) is 2. The van der Waals surface area contributed by atoms with Gasteiger partial charge < -0.3 is 5.32 Å². The van der Waals surface area contributed by atoms with E-state index in [-0.39, 0.29) is 0 Å². The first kappa shape index (κ1) is 12.1. The van der Waals surface area contributed by atoms with Gasteiger partial charge in [0.05, 0.1) is 12.7 Å². The molecule has 0 aliphatic heterocycles. The number of rotatable bonds is 5. The van der Waals surface area contributed by atoms with Crippen molar-refractivity contribution in [3.8, 4) is 0 Å². The molecule has 0 amide bonds. The molecule has 0 fully saturated rings. The molecule has 2 aromatic rings. The van der Waals surface area contributed by atoms with E-state index in [0.29, 0.717) is 0 Å². The molecule has 0 bridgehead atoms. The summed E-state index contributed by atoms with van der Waals surface area (Å²) in [6, 6.07) is 7.85. The molecule has 0 unspecified atom stereocenters. The second-order valence-corrected chi connectivity index (χ2v) is 4.39. The van der Waals surface area contributed by atoms with Crippen LogP contribution < -0.4 is 5.32 Å². The minimum Gasteiger partial charge on any atom is -0.313 e. The highest BCUT2D eigenvalue weighted by molar-refractivity contribution is 6.30. The third kappa shape index (κ3) is 3.58. The van der Waals surface area contributed by atoms with E-state index in [9.17, 15) is 0 Å². The number of halogens is 1. The first-order valence-corrected chi connectivity index (χ1v) is 6.12. The molecule has 0 aliphatic carbocycles. The first-order valence-electron chi connectivity index (χ1n) is 5.74. The van der Waals surface area contributed by atoms with Crippen LogP contribution in [0.2, 0.25) is 5.02 Å². The summed E-state index contributed by atoms with van der Waals surface area (Å²) in [6.45, 7) is 4.72. The SMILES string of the molecule is CCNCc1cnn(Cc2ccc(Cl)cc2)c1. The Labute approximate surface area is 106 Å². The Hall–Kier alpha value is -1.32. The largest absolute Gasteiger partial charge is 0.313 e. The molecule has 0 atom stereocenters. The van der Waals surface area contributed by atoms with Crippen LogP contribution in [0.3, 0.4) is 0 Å². The second kappa shape index (κ2) is 5.84. The summed E-state index contributed by atoms with van der Waals surface area (Å²) >= 11 is 5.85. The van der Waals surface area contributed by atoms with E-state index >= 15 is 0 Å². The molecule has 17 heavy (non-hydrogen) atoms. The van der Waals surface area contributed by atoms with Crippen LogP contribution in [0.5, 0.6) is 0 Å². The van der Waals surface area contributed by atoms with Gasteiger partial charge in [-0.05, 0) is 24.2 Å². The third-order valence-corrected chi connectivity index (χ3v) is 2.78. The number of benzene rings is 1. The van der Waals surface area contributed by atoms with Crippen LogP contribution in [0.1, 0.15) is 18.1 Å². The van der Waals surface area contributed by atoms with Crippen LogP contribution in [0, 0.1) is 0 Å². The molecular weight excluding hydrogens is 234 g/mol. The van der Waals surface area contributed by atoms with Gasteiger partial charge in [-0.1, -0.05) is 30.7 Å². The standard InChI is InChI=1S/C13H16ClN3/c1-2-15-7-12-8-16-17(10-12)9-11-3-5-13(14)6-4-11/h3-6,8,10,15H,2,7,9H2,1H3. The average molecular weight is 250 g/mol. The molecule has 0 saturated heterocycles. The fraction of sp³-hybridized carbons (Fsp3) is 0.308. The Kier molecular flexibility index (Phi) is 4.18. The van der Waals surface area contributed by atoms with E-state index in [2.05, 4.69) is 23.5 Å². The molecule has 90 valence electrons. The van der Waals surface area contributed by atoms with E-state index in [4.69, 9.17) is 11.6 Å². The van der Waals surface area contributed by atoms with E-state index < -0.39 is 0 Å². The van der Waals surface area contributed by atoms with Gasteiger partial charge in [0.1, 0.15) is 0 Å². The number of aromatic nitrogens is 2. The molecule has 1 N–H and O–H groups in total. The summed E-state index contributed by atoms with van der Waals surface area (Å²) in [6.07, 6.45) is 3.97. The molecule has 2 rings (SSSR count). The van der Waals surface area contributed by atoms with Gasteiger partial charge in [0, 0.05) is 23.3 Å². The summed E-state index contributed by atoms with van der Waals surface area (Å²) in [5.41, 5.74) is 2.41. The van der Waals surface area contributed by atoms with E-state index in [0.717, 1.165) is 24.7 Å². The lowest BCUT2D eigenvalue weighted by atomic mass is 10.2. The molecule has 1 aromatic heterocycles. The van der Waals surface area contributed by atoms with Gasteiger partial charge in [-0.25, -0.2) is 0 Å². The monoisotopic (exact) mass is 249 g/mol. The van der Waals surface area contributed by atoms with Crippen LogP contribution in [0.15, 0.2) is 36.7 Å². The Morgan fingerprint density at radius 3 is 2.71 bits per heavy atom. The van der Waals surface area contributed by atoms with E-state index in [1.54, 1.807) is 0 Å². The van der Waals surface area contributed by atoms with Crippen LogP contribution in [0.25, 0.3) is 0 Å². The van der Waals surface area contributed by atoms with Crippen LogP contribution in [-0.2, 0) is 13.1 Å². The van der Waals surface area contributed by atoms with Crippen molar-refractivity contribution in [1.82, 2.24) is 15.1 Å². The lowest BCUT2D eigenvalue weighted by molar-refractivity contribution is 0.683. The zero-order valence-electron chi connectivity index (χ0n) is 9.86. The average Bonchev–Trinajstić information content (AvgIpc) is 2.77. The van der Waals surface area contributed by atoms with Crippen molar-refractivity contribution in [2.24, 2.45) is 0 Å². The maximum Gasteiger partial charge on any atom is 0.0659 e. The Morgan fingerprint density at radius 2 is 2.00 bits per heavy atom. The molecule has 0 saturated carbocycles. The predicted molar refractivity (Wildman–Crippen MR) is 70.2 cm³/mol. The van der Waals surface area contributed by atoms with Gasteiger partial charge in [-0.2, -0.15) is 5.10 Å². The van der Waals surface area contributed by atoms with Gasteiger partial charge in [-0.3, -0.25) is 4.68 Å². The fourth-order valence-corrected chi connectivity index (χ4v) is 1.76. The third-order valence-electron chi connectivity index (χ3n) is 2.52. The highest BCUT2D eigenvalue weighted by atomic mass is 35.5. The zero-order valence-corrected chi connectivity index (χ0v) is 10.6. The molecule has 0 radical (unpaired) electrons. The predicted octanol–water partition coefficient (Wildman–Crippen LogP) is 2.69. The highest BCUT2D eigenvalue weighted by Gasteiger charge is 1.99. The minimum absolute atomic E-state index is 0.766. The van der Waals surface area contributed by atoms with Crippen LogP contribution in [0.4, 0.5) is 0 Å². The van der Waals surface area contributed by atoms with Crippen molar-refractivity contribution in [1.29, 1.82) is 0 Å². The number of nitrogens with one attached hydrogen (secondary N) is 1. The molecular formula is C13H16ClN3. The molecule has 1 heterocycles. The molecule has 1 aromatic carbocycles. The van der Waals surface area contributed by atoms with Crippen LogP contribution in [-0.4, -0.2) is 16.3 Å². The quantitative estimate of drug-likeness (QED) is 0.883. The van der Waals surface area contributed by atoms with Crippen molar-refractivity contribution in [2.75, 3.05) is 6.54 Å². The van der Waals surface area contributed by atoms with E-state index in [1.165, 1.54) is 11.1 Å². The van der Waals surface area contributed by atoms with Gasteiger partial charge in [0.15, 0.2) is 0 Å². The van der Waals surface area contributed by atoms with E-state index in [1.807, 2.05) is 35.1 Å². The lowest BCUT2D eigenvalue weighted by Gasteiger charge is -2.01. The molecule has 0 aliphatic rings. The summed E-state index contributed by atoms with van der Waals surface area (Å²) in [5, 5.41) is 8.37. The van der Waals surface area contributed by atoms with Crippen molar-refractivity contribution >= 4 is 11.6 Å². The number of hydrogen-bond donors (Lipinski definition) is 1. The van der Waals surface area contributed by atoms with Crippen LogP contribution >= 0.6 is 11.6 Å². The topological polar surface area (TPSA) is 29.9 Å². The maximum atomic E-state index is 5.85. The smallest absolute Gasteiger partial charge is 0.0659 e. The van der Waals surface area contributed by atoms with Crippen molar-refractivity contribution in [3.63, 3.8) is 0 Å². The van der Waals surface area contributed by atoms with Crippen molar-refractivity contribution in [2.45, 2.75) is 20.0 Å². The molecule has 0 spiro atoms. The van der Waals surface area contributed by atoms with Gasteiger partial charge in [-0.15, -0.1) is 0 Å². The van der Waals surface area contributed by atoms with Crippen molar-refractivity contribution < 1.29 is 0 Å². The van der Waals surface area contributed by atoms with Gasteiger partial charge in [0.2, 0.25) is 0 Å². The second-order valence-electron chi connectivity index (χ2n) is 3.95. The minimum atomic E-state index is 0.766. The summed E-state index contributed by atoms with van der Waals surface area (Å²) in [5.74, 6) is 0.